The van der Waals surface area contributed by atoms with Crippen molar-refractivity contribution in [1.82, 2.24) is 0 Å². The van der Waals surface area contributed by atoms with Gasteiger partial charge < -0.3 is 33.3 Å². The van der Waals surface area contributed by atoms with E-state index in [2.05, 4.69) is 50.3 Å². The first-order valence-corrected chi connectivity index (χ1v) is 43.1. The molecule has 0 aromatic heterocycles. The minimum atomic E-state index is -1.62. The topological polar surface area (TPSA) is 111 Å². The summed E-state index contributed by atoms with van der Waals surface area (Å²) in [7, 11) is 5.96. The number of unbranched alkanes of at least 4 members (excludes halogenated alkanes) is 61. The van der Waals surface area contributed by atoms with Crippen LogP contribution in [0.5, 0.6) is 0 Å². The fraction of sp³-hybridized carbons (Fsp3) is 0.898. The molecule has 0 aliphatic rings. The van der Waals surface area contributed by atoms with Crippen LogP contribution in [-0.4, -0.2) is 82.3 Å². The normalized spacial score (nSPS) is 12.7. The van der Waals surface area contributed by atoms with Gasteiger partial charge in [0.2, 0.25) is 0 Å². The van der Waals surface area contributed by atoms with Crippen molar-refractivity contribution in [3.63, 3.8) is 0 Å². The fourth-order valence-electron chi connectivity index (χ4n) is 13.3. The lowest BCUT2D eigenvalue weighted by molar-refractivity contribution is -0.870. The standard InChI is InChI=1S/C88H167NO8/c1-6-8-10-12-14-16-18-20-22-24-26-28-30-32-34-36-38-40-41-42-43-44-45-47-48-50-52-54-56-58-60-62-64-66-68-70-72-74-76-78-85(90)95-82-84(83-96-88(87(92)93)94-81-80-89(3,4)5)97-86(91)79-77-75-73-71-69-67-65-63-61-59-57-55-53-51-49-46-39-37-35-33-31-29-27-25-23-21-19-17-15-13-11-9-7-2/h19,21,25,27,31,33,84,88H,6-18,20,22-24,26,28-30,32,34-83H2,1-5H3/b21-19-,27-25-,33-31-. The second kappa shape index (κ2) is 79.2. The smallest absolute Gasteiger partial charge is 0.306 e. The lowest BCUT2D eigenvalue weighted by atomic mass is 10.0. The molecule has 9 heteroatoms. The Labute approximate surface area is 604 Å². The Kier molecular flexibility index (Phi) is 77.2. The predicted octanol–water partition coefficient (Wildman–Crippen LogP) is 26.5. The van der Waals surface area contributed by atoms with Crippen LogP contribution in [0.4, 0.5) is 0 Å². The molecule has 97 heavy (non-hydrogen) atoms. The highest BCUT2D eigenvalue weighted by Gasteiger charge is 2.22. The number of carbonyl (C=O) groups is 3. The maximum Gasteiger partial charge on any atom is 0.306 e. The highest BCUT2D eigenvalue weighted by Crippen LogP contribution is 2.21. The average Bonchev–Trinajstić information content (AvgIpc) is 2.59. The Morgan fingerprint density at radius 2 is 0.557 bits per heavy atom. The van der Waals surface area contributed by atoms with Gasteiger partial charge in [0.25, 0.3) is 0 Å². The quantitative estimate of drug-likeness (QED) is 0.0195. The first-order valence-electron chi connectivity index (χ1n) is 43.1. The van der Waals surface area contributed by atoms with Gasteiger partial charge in [-0.3, -0.25) is 9.59 Å². The summed E-state index contributed by atoms with van der Waals surface area (Å²) in [5, 5.41) is 11.9. The molecule has 0 spiro atoms. The number of nitrogens with zero attached hydrogens (tertiary/aromatic N) is 1. The average molecular weight is 1370 g/mol. The summed E-state index contributed by atoms with van der Waals surface area (Å²) >= 11 is 0. The van der Waals surface area contributed by atoms with E-state index >= 15 is 0 Å². The summed E-state index contributed by atoms with van der Waals surface area (Å²) in [6.07, 6.45) is 100. The van der Waals surface area contributed by atoms with Crippen LogP contribution in [0.3, 0.4) is 0 Å². The summed E-state index contributed by atoms with van der Waals surface area (Å²) < 4.78 is 22.9. The third kappa shape index (κ3) is 80.7. The van der Waals surface area contributed by atoms with Gasteiger partial charge in [-0.1, -0.05) is 423 Å². The summed E-state index contributed by atoms with van der Waals surface area (Å²) in [6.45, 7) is 4.82. The van der Waals surface area contributed by atoms with Gasteiger partial charge in [0.15, 0.2) is 12.4 Å². The number of carbonyl (C=O) groups excluding carboxylic acids is 3. The van der Waals surface area contributed by atoms with E-state index in [-0.39, 0.29) is 32.2 Å². The Balaban J connectivity index is 3.92. The SMILES string of the molecule is CCCCCCC/C=C\C/C=C\C/C=C\CCCCCCCCCCCCCCCCCCCCC(=O)OC(COC(=O)CCCCCCCCCCCCCCCCCCCCCCCCCCCCCCCCCCCCCCCCC)COC(OCC[N+](C)(C)C)C(=O)[O-]. The molecule has 0 aromatic carbocycles. The molecule has 572 valence electrons. The van der Waals surface area contributed by atoms with Gasteiger partial charge in [0.1, 0.15) is 13.2 Å². The van der Waals surface area contributed by atoms with Crippen LogP contribution in [0.2, 0.25) is 0 Å². The number of esters is 2. The van der Waals surface area contributed by atoms with Crippen molar-refractivity contribution >= 4 is 17.9 Å². The number of hydrogen-bond donors (Lipinski definition) is 0. The number of quaternary nitrogens is 1. The Hall–Kier alpha value is -2.49. The Morgan fingerprint density at radius 3 is 0.825 bits per heavy atom. The summed E-state index contributed by atoms with van der Waals surface area (Å²) in [4.78, 5) is 37.6. The van der Waals surface area contributed by atoms with Gasteiger partial charge in [0.05, 0.1) is 40.3 Å². The maximum atomic E-state index is 13.0. The number of carboxylic acid groups (broad SMARTS) is 1. The molecule has 0 saturated carbocycles. The first kappa shape index (κ1) is 94.5. The molecule has 0 heterocycles. The molecule has 0 amide bonds. The van der Waals surface area contributed by atoms with E-state index in [0.29, 0.717) is 17.4 Å². The van der Waals surface area contributed by atoms with Crippen molar-refractivity contribution in [1.29, 1.82) is 0 Å². The third-order valence-electron chi connectivity index (χ3n) is 19.9. The molecule has 2 atom stereocenters. The van der Waals surface area contributed by atoms with Gasteiger partial charge in [-0.05, 0) is 51.4 Å². The molecule has 0 aromatic rings. The van der Waals surface area contributed by atoms with Crippen LogP contribution in [0.1, 0.15) is 450 Å². The molecule has 0 fully saturated rings. The Bertz CT molecular complexity index is 1690. The van der Waals surface area contributed by atoms with Crippen molar-refractivity contribution in [2.24, 2.45) is 0 Å². The fourth-order valence-corrected chi connectivity index (χ4v) is 13.3. The summed E-state index contributed by atoms with van der Waals surface area (Å²) in [5.41, 5.74) is 0. The van der Waals surface area contributed by atoms with Crippen molar-refractivity contribution in [3.05, 3.63) is 36.5 Å². The molecule has 2 unspecified atom stereocenters. The van der Waals surface area contributed by atoms with Gasteiger partial charge in [-0.25, -0.2) is 0 Å². The summed E-state index contributed by atoms with van der Waals surface area (Å²) in [5.74, 6) is -2.25. The molecule has 0 aliphatic carbocycles. The van der Waals surface area contributed by atoms with Crippen molar-refractivity contribution in [2.75, 3.05) is 47.5 Å². The number of aliphatic carboxylic acids is 1. The van der Waals surface area contributed by atoms with E-state index in [1.165, 1.54) is 372 Å². The van der Waals surface area contributed by atoms with Gasteiger partial charge >= 0.3 is 11.9 Å². The minimum absolute atomic E-state index is 0.151. The largest absolute Gasteiger partial charge is 0.545 e. The first-order chi connectivity index (χ1) is 47.6. The van der Waals surface area contributed by atoms with E-state index in [4.69, 9.17) is 18.9 Å². The zero-order valence-electron chi connectivity index (χ0n) is 65.7. The molecule has 9 nitrogen and oxygen atoms in total. The molecule has 0 radical (unpaired) electrons. The van der Waals surface area contributed by atoms with Crippen molar-refractivity contribution in [3.8, 4) is 0 Å². The zero-order valence-corrected chi connectivity index (χ0v) is 65.7. The maximum absolute atomic E-state index is 13.0. The van der Waals surface area contributed by atoms with Crippen molar-refractivity contribution < 1.29 is 42.9 Å². The number of allylic oxidation sites excluding steroid dienone is 6. The van der Waals surface area contributed by atoms with Crippen molar-refractivity contribution in [2.45, 2.75) is 463 Å². The number of ether oxygens (including phenoxy) is 4. The Morgan fingerprint density at radius 1 is 0.309 bits per heavy atom. The second-order valence-electron chi connectivity index (χ2n) is 30.8. The monoisotopic (exact) mass is 1370 g/mol. The molecule has 0 N–H and O–H groups in total. The van der Waals surface area contributed by atoms with Gasteiger partial charge in [-0.15, -0.1) is 0 Å². The van der Waals surface area contributed by atoms with E-state index in [0.717, 1.165) is 51.4 Å². The van der Waals surface area contributed by atoms with Gasteiger partial charge in [-0.2, -0.15) is 0 Å². The van der Waals surface area contributed by atoms with Crippen LogP contribution < -0.4 is 5.11 Å². The number of likely N-dealkylation sites (N-methyl/N-ethyl adjacent to an activating group) is 1. The van der Waals surface area contributed by atoms with E-state index in [1.807, 2.05) is 21.1 Å². The van der Waals surface area contributed by atoms with Crippen LogP contribution in [0.25, 0.3) is 0 Å². The molecule has 0 saturated heterocycles. The molecule has 0 rings (SSSR count). The second-order valence-corrected chi connectivity index (χ2v) is 30.8. The molecular weight excluding hydrogens is 1200 g/mol. The lowest BCUT2D eigenvalue weighted by Crippen LogP contribution is -2.44. The highest BCUT2D eigenvalue weighted by molar-refractivity contribution is 5.70. The molecule has 0 aliphatic heterocycles. The lowest BCUT2D eigenvalue weighted by Gasteiger charge is -2.26. The van der Waals surface area contributed by atoms with Crippen LogP contribution in [0, 0.1) is 0 Å². The van der Waals surface area contributed by atoms with Gasteiger partial charge in [0, 0.05) is 12.8 Å². The van der Waals surface area contributed by atoms with E-state index in [1.54, 1.807) is 0 Å². The predicted molar refractivity (Wildman–Crippen MR) is 417 cm³/mol. The minimum Gasteiger partial charge on any atom is -0.545 e. The highest BCUT2D eigenvalue weighted by atomic mass is 16.7. The number of carboxylic acids is 1. The zero-order chi connectivity index (χ0) is 70.4. The number of rotatable bonds is 82. The molecule has 0 bridgehead atoms. The van der Waals surface area contributed by atoms with E-state index in [9.17, 15) is 19.5 Å². The number of hydrogen-bond acceptors (Lipinski definition) is 8. The van der Waals surface area contributed by atoms with Crippen LogP contribution >= 0.6 is 0 Å². The van der Waals surface area contributed by atoms with Crippen LogP contribution in [0.15, 0.2) is 36.5 Å². The van der Waals surface area contributed by atoms with Crippen LogP contribution in [-0.2, 0) is 33.3 Å². The summed E-state index contributed by atoms with van der Waals surface area (Å²) in [6, 6.07) is 0. The molecular formula is C88H167NO8. The third-order valence-corrected chi connectivity index (χ3v) is 19.9. The van der Waals surface area contributed by atoms with E-state index < -0.39 is 24.3 Å².